The molecule has 0 radical (unpaired) electrons. The number of rotatable bonds is 7. The second-order valence-electron chi connectivity index (χ2n) is 7.44. The molecule has 0 bridgehead atoms. The van der Waals surface area contributed by atoms with Crippen molar-refractivity contribution in [1.82, 2.24) is 0 Å². The summed E-state index contributed by atoms with van der Waals surface area (Å²) in [5.41, 5.74) is 6.21. The van der Waals surface area contributed by atoms with Crippen LogP contribution in [0, 0.1) is 5.92 Å². The van der Waals surface area contributed by atoms with E-state index in [4.69, 9.17) is 19.8 Å². The summed E-state index contributed by atoms with van der Waals surface area (Å²) in [6.07, 6.45) is 4.43. The zero-order chi connectivity index (χ0) is 17.3. The molecule has 128 valence electrons. The van der Waals surface area contributed by atoms with Crippen molar-refractivity contribution < 1.29 is 14.0 Å². The average molecular weight is 320 g/mol. The van der Waals surface area contributed by atoms with Crippen molar-refractivity contribution in [3.8, 4) is 0 Å². The Morgan fingerprint density at radius 1 is 1.30 bits per heavy atom. The molecule has 0 amide bonds. The van der Waals surface area contributed by atoms with Gasteiger partial charge in [-0.2, -0.15) is 0 Å². The molecular weight excluding hydrogens is 291 g/mol. The molecule has 2 aliphatic rings. The number of hydrogen-bond donors (Lipinski definition) is 1. The van der Waals surface area contributed by atoms with Crippen molar-refractivity contribution in [3.05, 3.63) is 23.9 Å². The maximum Gasteiger partial charge on any atom is 0.490 e. The zero-order valence-corrected chi connectivity index (χ0v) is 15.0. The van der Waals surface area contributed by atoms with Crippen LogP contribution in [0.25, 0.3) is 0 Å². The normalized spacial score (nSPS) is 24.0. The minimum atomic E-state index is -0.342. The van der Waals surface area contributed by atoms with Gasteiger partial charge in [-0.05, 0) is 58.9 Å². The molecule has 2 rings (SSSR count). The maximum absolute atomic E-state index is 5.99. The van der Waals surface area contributed by atoms with Crippen LogP contribution in [-0.4, -0.2) is 37.3 Å². The Kier molecular flexibility index (Phi) is 5.26. The smallest absolute Gasteiger partial charge is 0.490 e. The van der Waals surface area contributed by atoms with Crippen molar-refractivity contribution in [1.29, 1.82) is 0 Å². The highest BCUT2D eigenvalue weighted by molar-refractivity contribution is 6.54. The first kappa shape index (κ1) is 18.1. The average Bonchev–Trinajstić information content (AvgIpc) is 3.23. The third kappa shape index (κ3) is 4.61. The van der Waals surface area contributed by atoms with Crippen LogP contribution in [0.2, 0.25) is 0 Å². The van der Waals surface area contributed by atoms with Crippen molar-refractivity contribution in [2.75, 3.05) is 13.2 Å². The van der Waals surface area contributed by atoms with Crippen LogP contribution in [0.5, 0.6) is 0 Å². The first-order chi connectivity index (χ1) is 10.6. The lowest BCUT2D eigenvalue weighted by molar-refractivity contribution is 0.00578. The Labute approximate surface area is 140 Å². The Morgan fingerprint density at radius 2 is 1.87 bits per heavy atom. The van der Waals surface area contributed by atoms with E-state index < -0.39 is 0 Å². The number of allylic oxidation sites excluding steroid dienone is 1. The van der Waals surface area contributed by atoms with Crippen LogP contribution in [0.1, 0.15) is 47.5 Å². The van der Waals surface area contributed by atoms with Gasteiger partial charge in [-0.15, -0.1) is 0 Å². The summed E-state index contributed by atoms with van der Waals surface area (Å²) in [7, 11) is -0.342. The number of amidine groups is 1. The molecule has 0 atom stereocenters. The minimum Gasteiger partial charge on any atom is -0.490 e. The molecule has 0 unspecified atom stereocenters. The zero-order valence-electron chi connectivity index (χ0n) is 15.0. The predicted molar refractivity (Wildman–Crippen MR) is 94.1 cm³/mol. The quantitative estimate of drug-likeness (QED) is 0.339. The molecule has 1 aliphatic heterocycles. The molecule has 5 nitrogen and oxygen atoms in total. The van der Waals surface area contributed by atoms with E-state index in [0.717, 1.165) is 5.47 Å². The lowest BCUT2D eigenvalue weighted by Gasteiger charge is -2.32. The SMILES string of the molecule is C=C(OCC1CC1)C(N)=NC/C=C(\C)B1OC(C)(C)C(C)(C)O1. The molecule has 1 saturated heterocycles. The van der Waals surface area contributed by atoms with Gasteiger partial charge in [-0.3, -0.25) is 4.99 Å². The predicted octanol–water partition coefficient (Wildman–Crippen LogP) is 2.86. The highest BCUT2D eigenvalue weighted by atomic mass is 16.7. The van der Waals surface area contributed by atoms with Gasteiger partial charge < -0.3 is 19.8 Å². The highest BCUT2D eigenvalue weighted by Crippen LogP contribution is 2.38. The highest BCUT2D eigenvalue weighted by Gasteiger charge is 2.51. The molecule has 0 spiro atoms. The molecule has 1 saturated carbocycles. The van der Waals surface area contributed by atoms with Crippen LogP contribution < -0.4 is 5.73 Å². The fourth-order valence-corrected chi connectivity index (χ4v) is 2.08. The van der Waals surface area contributed by atoms with Crippen molar-refractivity contribution in [2.45, 2.75) is 58.7 Å². The lowest BCUT2D eigenvalue weighted by atomic mass is 9.79. The molecule has 2 fully saturated rings. The largest absolute Gasteiger partial charge is 0.490 e. The van der Waals surface area contributed by atoms with Gasteiger partial charge in [0.05, 0.1) is 24.4 Å². The van der Waals surface area contributed by atoms with Gasteiger partial charge in [0.2, 0.25) is 0 Å². The van der Waals surface area contributed by atoms with Gasteiger partial charge in [-0.25, -0.2) is 0 Å². The van der Waals surface area contributed by atoms with Crippen molar-refractivity contribution in [3.63, 3.8) is 0 Å². The molecule has 2 N–H and O–H groups in total. The van der Waals surface area contributed by atoms with E-state index in [1.807, 2.05) is 40.7 Å². The van der Waals surface area contributed by atoms with Crippen LogP contribution in [0.3, 0.4) is 0 Å². The van der Waals surface area contributed by atoms with Gasteiger partial charge in [0, 0.05) is 0 Å². The molecule has 1 aliphatic carbocycles. The summed E-state index contributed by atoms with van der Waals surface area (Å²) in [5, 5.41) is 0. The summed E-state index contributed by atoms with van der Waals surface area (Å²) in [6.45, 7) is 15.1. The van der Waals surface area contributed by atoms with Crippen LogP contribution in [0.15, 0.2) is 28.9 Å². The summed E-state index contributed by atoms with van der Waals surface area (Å²) >= 11 is 0. The first-order valence-corrected chi connectivity index (χ1v) is 8.26. The number of nitrogens with zero attached hydrogens (tertiary/aromatic N) is 1. The van der Waals surface area contributed by atoms with Crippen LogP contribution in [0.4, 0.5) is 0 Å². The van der Waals surface area contributed by atoms with Gasteiger partial charge in [0.1, 0.15) is 0 Å². The Bertz CT molecular complexity index is 506. The molecular formula is C17H29BN2O3. The number of nitrogens with two attached hydrogens (primary N) is 1. The Morgan fingerprint density at radius 3 is 2.39 bits per heavy atom. The van der Waals surface area contributed by atoms with E-state index >= 15 is 0 Å². The Balaban J connectivity index is 1.84. The standard InChI is InChI=1S/C17H29BN2O3/c1-12(18-22-16(3,4)17(5,6)23-18)9-10-20-15(19)13(2)21-11-14-7-8-14/h9,14H,2,7-8,10-11H2,1,3-6H3,(H2,19,20)/b12-9+. The molecule has 23 heavy (non-hydrogen) atoms. The molecule has 0 aromatic rings. The van der Waals surface area contributed by atoms with E-state index in [9.17, 15) is 0 Å². The van der Waals surface area contributed by atoms with Gasteiger partial charge >= 0.3 is 7.12 Å². The second kappa shape index (κ2) is 6.69. The maximum atomic E-state index is 5.99. The minimum absolute atomic E-state index is 0.333. The van der Waals surface area contributed by atoms with Gasteiger partial charge in [0.25, 0.3) is 0 Å². The lowest BCUT2D eigenvalue weighted by Crippen LogP contribution is -2.41. The topological polar surface area (TPSA) is 66.1 Å². The summed E-state index contributed by atoms with van der Waals surface area (Å²) < 4.78 is 17.5. The van der Waals surface area contributed by atoms with Gasteiger partial charge in [0.15, 0.2) is 11.6 Å². The number of ether oxygens (including phenoxy) is 1. The van der Waals surface area contributed by atoms with Crippen molar-refractivity contribution >= 4 is 13.0 Å². The van der Waals surface area contributed by atoms with Crippen molar-refractivity contribution in [2.24, 2.45) is 16.6 Å². The molecule has 0 aromatic carbocycles. The van der Waals surface area contributed by atoms with E-state index in [1.54, 1.807) is 0 Å². The van der Waals surface area contributed by atoms with E-state index in [2.05, 4.69) is 11.6 Å². The van der Waals surface area contributed by atoms with E-state index in [-0.39, 0.29) is 18.3 Å². The first-order valence-electron chi connectivity index (χ1n) is 8.26. The second-order valence-corrected chi connectivity index (χ2v) is 7.44. The van der Waals surface area contributed by atoms with Gasteiger partial charge in [-0.1, -0.05) is 12.7 Å². The fraction of sp³-hybridized carbons (Fsp3) is 0.706. The van der Waals surface area contributed by atoms with E-state index in [0.29, 0.717) is 30.7 Å². The van der Waals surface area contributed by atoms with Crippen LogP contribution >= 0.6 is 0 Å². The summed E-state index contributed by atoms with van der Waals surface area (Å²) in [6, 6.07) is 0. The molecule has 6 heteroatoms. The molecule has 0 aromatic heterocycles. The summed E-state index contributed by atoms with van der Waals surface area (Å²) in [5.74, 6) is 1.48. The van der Waals surface area contributed by atoms with E-state index in [1.165, 1.54) is 12.8 Å². The fourth-order valence-electron chi connectivity index (χ4n) is 2.08. The monoisotopic (exact) mass is 320 g/mol. The third-order valence-corrected chi connectivity index (χ3v) is 4.78. The number of aliphatic imine (C=N–C) groups is 1. The summed E-state index contributed by atoms with van der Waals surface area (Å²) in [4.78, 5) is 4.29. The molecule has 1 heterocycles. The van der Waals surface area contributed by atoms with Crippen LogP contribution in [-0.2, 0) is 14.0 Å². The number of hydrogen-bond acceptors (Lipinski definition) is 4. The third-order valence-electron chi connectivity index (χ3n) is 4.78. The Hall–Kier alpha value is -1.27.